The fraction of sp³-hybridized carbons (Fsp3) is 1.00. The van der Waals surface area contributed by atoms with Gasteiger partial charge in [-0.25, -0.2) is 0 Å². The monoisotopic (exact) mass is 184 g/mol. The zero-order valence-corrected chi connectivity index (χ0v) is 9.13. The molecule has 0 aliphatic heterocycles. The molecule has 0 saturated heterocycles. The summed E-state index contributed by atoms with van der Waals surface area (Å²) in [6, 6.07) is 1.12. The average Bonchev–Trinajstić information content (AvgIpc) is 2.51. The van der Waals surface area contributed by atoms with Gasteiger partial charge in [0.1, 0.15) is 0 Å². The van der Waals surface area contributed by atoms with Crippen molar-refractivity contribution in [2.75, 3.05) is 13.1 Å². The first kappa shape index (κ1) is 11.0. The average molecular weight is 184 g/mol. The smallest absolute Gasteiger partial charge is 0.0247 e. The molecule has 1 fully saturated rings. The Bertz CT molecular complexity index is 130. The van der Waals surface area contributed by atoms with E-state index in [1.807, 2.05) is 0 Å². The lowest BCUT2D eigenvalue weighted by molar-refractivity contribution is 0.185. The minimum Gasteiger partial charge on any atom is -0.326 e. The summed E-state index contributed by atoms with van der Waals surface area (Å²) in [4.78, 5) is 2.59. The van der Waals surface area contributed by atoms with Crippen LogP contribution in [0.2, 0.25) is 0 Å². The highest BCUT2D eigenvalue weighted by Gasteiger charge is 2.28. The van der Waals surface area contributed by atoms with E-state index in [4.69, 9.17) is 5.73 Å². The first-order valence-electron chi connectivity index (χ1n) is 5.79. The summed E-state index contributed by atoms with van der Waals surface area (Å²) < 4.78 is 0. The van der Waals surface area contributed by atoms with Gasteiger partial charge in [0, 0.05) is 12.1 Å². The Morgan fingerprint density at radius 2 is 1.77 bits per heavy atom. The molecule has 1 rings (SSSR count). The summed E-state index contributed by atoms with van der Waals surface area (Å²) in [5, 5.41) is 0. The van der Waals surface area contributed by atoms with Gasteiger partial charge >= 0.3 is 0 Å². The summed E-state index contributed by atoms with van der Waals surface area (Å²) in [6.45, 7) is 6.96. The van der Waals surface area contributed by atoms with E-state index in [-0.39, 0.29) is 0 Å². The fourth-order valence-electron chi connectivity index (χ4n) is 2.44. The van der Waals surface area contributed by atoms with E-state index in [0.29, 0.717) is 12.1 Å². The molecule has 2 nitrogen and oxygen atoms in total. The van der Waals surface area contributed by atoms with E-state index >= 15 is 0 Å². The fourth-order valence-corrected chi connectivity index (χ4v) is 2.44. The van der Waals surface area contributed by atoms with Crippen molar-refractivity contribution in [3.05, 3.63) is 0 Å². The molecule has 2 N–H and O–H groups in total. The number of nitrogens with zero attached hydrogens (tertiary/aromatic N) is 1. The van der Waals surface area contributed by atoms with Crippen LogP contribution in [0.1, 0.15) is 46.0 Å². The van der Waals surface area contributed by atoms with Gasteiger partial charge in [0.05, 0.1) is 0 Å². The topological polar surface area (TPSA) is 29.3 Å². The lowest BCUT2D eigenvalue weighted by atomic mass is 10.1. The minimum absolute atomic E-state index is 0.443. The highest BCUT2D eigenvalue weighted by atomic mass is 15.2. The lowest BCUT2D eigenvalue weighted by Gasteiger charge is -2.30. The van der Waals surface area contributed by atoms with Crippen LogP contribution in [-0.4, -0.2) is 30.1 Å². The molecule has 0 spiro atoms. The number of hydrogen-bond donors (Lipinski definition) is 1. The molecule has 0 aromatic carbocycles. The van der Waals surface area contributed by atoms with Crippen molar-refractivity contribution in [1.29, 1.82) is 0 Å². The van der Waals surface area contributed by atoms with Gasteiger partial charge in [-0.3, -0.25) is 4.90 Å². The molecule has 1 aliphatic carbocycles. The molecule has 78 valence electrons. The molecule has 2 heteroatoms. The second-order valence-electron chi connectivity index (χ2n) is 4.20. The lowest BCUT2D eigenvalue weighted by Crippen LogP contribution is -2.45. The van der Waals surface area contributed by atoms with Gasteiger partial charge in [0.25, 0.3) is 0 Å². The molecule has 1 aliphatic rings. The normalized spacial score (nSPS) is 28.6. The van der Waals surface area contributed by atoms with Crippen LogP contribution in [0, 0.1) is 0 Å². The molecule has 0 aromatic rings. The molecule has 0 bridgehead atoms. The maximum absolute atomic E-state index is 6.10. The molecule has 13 heavy (non-hydrogen) atoms. The second kappa shape index (κ2) is 5.61. The summed E-state index contributed by atoms with van der Waals surface area (Å²) >= 11 is 0. The number of nitrogens with two attached hydrogens (primary N) is 1. The number of rotatable bonds is 5. The van der Waals surface area contributed by atoms with Crippen molar-refractivity contribution in [2.24, 2.45) is 5.73 Å². The molecule has 1 saturated carbocycles. The van der Waals surface area contributed by atoms with Crippen molar-refractivity contribution >= 4 is 0 Å². The van der Waals surface area contributed by atoms with E-state index in [0.717, 1.165) is 0 Å². The Hall–Kier alpha value is -0.0800. The predicted molar refractivity (Wildman–Crippen MR) is 57.8 cm³/mol. The van der Waals surface area contributed by atoms with Crippen LogP contribution >= 0.6 is 0 Å². The van der Waals surface area contributed by atoms with Crippen LogP contribution in [0.15, 0.2) is 0 Å². The van der Waals surface area contributed by atoms with Gasteiger partial charge in [-0.15, -0.1) is 0 Å². The van der Waals surface area contributed by atoms with E-state index in [1.165, 1.54) is 45.2 Å². The molecule has 2 unspecified atom stereocenters. The van der Waals surface area contributed by atoms with Gasteiger partial charge in [-0.05, 0) is 38.8 Å². The van der Waals surface area contributed by atoms with Crippen LogP contribution < -0.4 is 5.73 Å². The van der Waals surface area contributed by atoms with Crippen molar-refractivity contribution < 1.29 is 0 Å². The minimum atomic E-state index is 0.443. The Morgan fingerprint density at radius 1 is 1.15 bits per heavy atom. The highest BCUT2D eigenvalue weighted by Crippen LogP contribution is 2.22. The Balaban J connectivity index is 2.42. The maximum atomic E-state index is 6.10. The number of hydrogen-bond acceptors (Lipinski definition) is 2. The van der Waals surface area contributed by atoms with Crippen LogP contribution in [0.4, 0.5) is 0 Å². The van der Waals surface area contributed by atoms with Crippen LogP contribution in [0.3, 0.4) is 0 Å². The van der Waals surface area contributed by atoms with E-state index in [1.54, 1.807) is 0 Å². The molecule has 2 atom stereocenters. The Morgan fingerprint density at radius 3 is 2.15 bits per heavy atom. The summed E-state index contributed by atoms with van der Waals surface area (Å²) in [5.41, 5.74) is 6.10. The first-order valence-corrected chi connectivity index (χ1v) is 5.79. The van der Waals surface area contributed by atoms with Gasteiger partial charge < -0.3 is 5.73 Å². The van der Waals surface area contributed by atoms with E-state index in [9.17, 15) is 0 Å². The van der Waals surface area contributed by atoms with Crippen LogP contribution in [0.25, 0.3) is 0 Å². The van der Waals surface area contributed by atoms with Gasteiger partial charge in [-0.1, -0.05) is 20.3 Å². The second-order valence-corrected chi connectivity index (χ2v) is 4.20. The molecular formula is C11H24N2. The Kier molecular flexibility index (Phi) is 4.74. The third-order valence-corrected chi connectivity index (χ3v) is 3.02. The summed E-state index contributed by atoms with van der Waals surface area (Å²) in [5.74, 6) is 0. The SMILES string of the molecule is CCCN(CCC)C1CCCC1N. The van der Waals surface area contributed by atoms with Crippen molar-refractivity contribution in [3.8, 4) is 0 Å². The largest absolute Gasteiger partial charge is 0.326 e. The first-order chi connectivity index (χ1) is 6.29. The standard InChI is InChI=1S/C11H24N2/c1-3-8-13(9-4-2)11-7-5-6-10(11)12/h10-11H,3-9,12H2,1-2H3. The van der Waals surface area contributed by atoms with Gasteiger partial charge in [-0.2, -0.15) is 0 Å². The van der Waals surface area contributed by atoms with E-state index < -0.39 is 0 Å². The molecule has 0 heterocycles. The van der Waals surface area contributed by atoms with Crippen molar-refractivity contribution in [2.45, 2.75) is 58.0 Å². The summed E-state index contributed by atoms with van der Waals surface area (Å²) in [7, 11) is 0. The Labute approximate surface area is 82.5 Å². The zero-order chi connectivity index (χ0) is 9.68. The molecule has 0 amide bonds. The maximum Gasteiger partial charge on any atom is 0.0247 e. The van der Waals surface area contributed by atoms with Crippen molar-refractivity contribution in [3.63, 3.8) is 0 Å². The van der Waals surface area contributed by atoms with E-state index in [2.05, 4.69) is 18.7 Å². The molecule has 0 radical (unpaired) electrons. The van der Waals surface area contributed by atoms with Gasteiger partial charge in [0.15, 0.2) is 0 Å². The zero-order valence-electron chi connectivity index (χ0n) is 9.13. The highest BCUT2D eigenvalue weighted by molar-refractivity contribution is 4.87. The predicted octanol–water partition coefficient (Wildman–Crippen LogP) is 1.99. The van der Waals surface area contributed by atoms with Gasteiger partial charge in [0.2, 0.25) is 0 Å². The van der Waals surface area contributed by atoms with Crippen LogP contribution in [-0.2, 0) is 0 Å². The molecular weight excluding hydrogens is 160 g/mol. The third-order valence-electron chi connectivity index (χ3n) is 3.02. The molecule has 0 aromatic heterocycles. The quantitative estimate of drug-likeness (QED) is 0.708. The third kappa shape index (κ3) is 2.96. The summed E-state index contributed by atoms with van der Waals surface area (Å²) in [6.07, 6.45) is 6.39. The van der Waals surface area contributed by atoms with Crippen molar-refractivity contribution in [1.82, 2.24) is 4.90 Å². The van der Waals surface area contributed by atoms with Crippen LogP contribution in [0.5, 0.6) is 0 Å².